The third-order valence-corrected chi connectivity index (χ3v) is 8.86. The fourth-order valence-electron chi connectivity index (χ4n) is 6.51. The van der Waals surface area contributed by atoms with Crippen LogP contribution in [0, 0.1) is 0 Å². The van der Waals surface area contributed by atoms with Crippen LogP contribution in [0.25, 0.3) is 0 Å². The van der Waals surface area contributed by atoms with Crippen LogP contribution in [0.2, 0.25) is 0 Å². The number of phenolic OH excluding ortho intramolecular Hbond substituents is 2. The fraction of sp³-hybridized carbons (Fsp3) is 0.516. The number of fused-ring (bicyclic) bond motifs is 3. The highest BCUT2D eigenvalue weighted by atomic mass is 16.7. The number of benzene rings is 2. The normalized spacial score (nSPS) is 27.6. The van der Waals surface area contributed by atoms with Gasteiger partial charge in [0.15, 0.2) is 17.9 Å². The number of nitrogens with zero attached hydrogens (tertiary/aromatic N) is 1. The highest BCUT2D eigenvalue weighted by Gasteiger charge is 2.50. The lowest BCUT2D eigenvalue weighted by molar-refractivity contribution is -0.247. The van der Waals surface area contributed by atoms with E-state index >= 15 is 0 Å². The van der Waals surface area contributed by atoms with Gasteiger partial charge in [-0.3, -0.25) is 19.3 Å². The lowest BCUT2D eigenvalue weighted by Crippen LogP contribution is -2.53. The number of carbonyl (C=O) groups excluding carboxylic acids is 3. The summed E-state index contributed by atoms with van der Waals surface area (Å²) in [4.78, 5) is 42.6. The number of phenols is 2. The molecular weight excluding hydrogens is 592 g/mol. The maximum atomic E-state index is 13.8. The molecule has 3 aliphatic rings. The minimum absolute atomic E-state index is 0.00414. The average Bonchev–Trinajstić information content (AvgIpc) is 2.99. The van der Waals surface area contributed by atoms with Gasteiger partial charge in [0, 0.05) is 55.1 Å². The Morgan fingerprint density at radius 2 is 1.76 bits per heavy atom. The first-order valence-corrected chi connectivity index (χ1v) is 14.7. The predicted molar refractivity (Wildman–Crippen MR) is 155 cm³/mol. The van der Waals surface area contributed by atoms with E-state index in [9.17, 15) is 45.0 Å². The Balaban J connectivity index is 1.64. The van der Waals surface area contributed by atoms with Gasteiger partial charge in [0.05, 0.1) is 61.9 Å². The van der Waals surface area contributed by atoms with E-state index in [0.717, 1.165) is 0 Å². The summed E-state index contributed by atoms with van der Waals surface area (Å²) in [5.41, 5.74) is 2.47. The molecule has 45 heavy (non-hydrogen) atoms. The van der Waals surface area contributed by atoms with Crippen LogP contribution in [0.1, 0.15) is 68.8 Å². The second-order valence-electron chi connectivity index (χ2n) is 11.7. The molecule has 0 radical (unpaired) electrons. The van der Waals surface area contributed by atoms with Gasteiger partial charge >= 0.3 is 0 Å². The van der Waals surface area contributed by atoms with Crippen molar-refractivity contribution in [2.45, 2.75) is 62.4 Å². The zero-order chi connectivity index (χ0) is 32.8. The van der Waals surface area contributed by atoms with Crippen LogP contribution in [0.4, 0.5) is 0 Å². The lowest BCUT2D eigenvalue weighted by atomic mass is 9.71. The van der Waals surface area contributed by atoms with E-state index in [-0.39, 0.29) is 67.3 Å². The standard InChI is InChI=1S/C31H38N2O12/c1-14-26(37)17(32)10-21(44-14)45-19-12-31(42,20(36)13-33(6-8-34)7-9-35)11-16-23(19)30(41)25-24(28(16)39)27(38)15-4-3-5-18(43-2)22(15)29(25)40/h3-5,14,17,19,21,26,34-35,37,39,41-42H,6-13,32H2,1-2H3. The molecule has 0 spiro atoms. The molecule has 8 N–H and O–H groups in total. The van der Waals surface area contributed by atoms with Gasteiger partial charge in [-0.25, -0.2) is 0 Å². The van der Waals surface area contributed by atoms with Gasteiger partial charge in [-0.15, -0.1) is 0 Å². The molecule has 14 heteroatoms. The molecule has 1 heterocycles. The number of aliphatic hydroxyl groups excluding tert-OH is 3. The fourth-order valence-corrected chi connectivity index (χ4v) is 6.51. The molecule has 1 fully saturated rings. The topological polar surface area (TPSA) is 230 Å². The largest absolute Gasteiger partial charge is 0.507 e. The third kappa shape index (κ3) is 5.72. The average molecular weight is 631 g/mol. The van der Waals surface area contributed by atoms with Crippen molar-refractivity contribution < 1.29 is 59.2 Å². The van der Waals surface area contributed by atoms with Crippen molar-refractivity contribution in [2.24, 2.45) is 5.73 Å². The molecule has 5 rings (SSSR count). The summed E-state index contributed by atoms with van der Waals surface area (Å²) in [6.45, 7) is 0.647. The molecular formula is C31H38N2O12. The Bertz CT molecular complexity index is 1490. The van der Waals surface area contributed by atoms with E-state index in [1.807, 2.05) is 0 Å². The molecule has 0 saturated carbocycles. The van der Waals surface area contributed by atoms with Crippen LogP contribution in [0.3, 0.4) is 0 Å². The van der Waals surface area contributed by atoms with E-state index < -0.39 is 89.1 Å². The van der Waals surface area contributed by atoms with Gasteiger partial charge in [0.1, 0.15) is 22.8 Å². The number of Topliss-reactive ketones (excluding diaryl/α,β-unsaturated/α-hetero) is 1. The number of aromatic hydroxyl groups is 2. The molecule has 2 aromatic carbocycles. The molecule has 2 aromatic rings. The van der Waals surface area contributed by atoms with Crippen molar-refractivity contribution in [3.63, 3.8) is 0 Å². The third-order valence-electron chi connectivity index (χ3n) is 8.86. The summed E-state index contributed by atoms with van der Waals surface area (Å²) in [7, 11) is 1.32. The molecule has 0 amide bonds. The van der Waals surface area contributed by atoms with Crippen molar-refractivity contribution in [1.29, 1.82) is 0 Å². The summed E-state index contributed by atoms with van der Waals surface area (Å²) < 4.78 is 17.3. The van der Waals surface area contributed by atoms with Crippen LogP contribution < -0.4 is 10.5 Å². The second kappa shape index (κ2) is 12.7. The summed E-state index contributed by atoms with van der Waals surface area (Å²) in [5.74, 6) is -3.55. The number of ketones is 3. The van der Waals surface area contributed by atoms with E-state index in [1.165, 1.54) is 30.2 Å². The minimum atomic E-state index is -2.22. The lowest BCUT2D eigenvalue weighted by Gasteiger charge is -2.42. The molecule has 6 atom stereocenters. The maximum absolute atomic E-state index is 13.8. The summed E-state index contributed by atoms with van der Waals surface area (Å²) >= 11 is 0. The van der Waals surface area contributed by atoms with Crippen LogP contribution in [0.5, 0.6) is 17.2 Å². The summed E-state index contributed by atoms with van der Waals surface area (Å²) in [6.07, 6.45) is -5.17. The number of aliphatic hydroxyl groups is 4. The van der Waals surface area contributed by atoms with E-state index in [2.05, 4.69) is 0 Å². The Morgan fingerprint density at radius 1 is 1.09 bits per heavy atom. The first-order chi connectivity index (χ1) is 21.4. The molecule has 244 valence electrons. The van der Waals surface area contributed by atoms with Crippen molar-refractivity contribution in [2.75, 3.05) is 40.0 Å². The zero-order valence-electron chi connectivity index (χ0n) is 24.9. The van der Waals surface area contributed by atoms with Crippen LogP contribution in [0.15, 0.2) is 18.2 Å². The smallest absolute Gasteiger partial charge is 0.202 e. The molecule has 1 aliphatic heterocycles. The Labute approximate surface area is 258 Å². The van der Waals surface area contributed by atoms with E-state index in [4.69, 9.17) is 19.9 Å². The van der Waals surface area contributed by atoms with Crippen molar-refractivity contribution in [3.8, 4) is 17.2 Å². The first kappa shape index (κ1) is 32.9. The SMILES string of the molecule is COc1cccc2c1C(=O)c1c(O)c3c(c(O)c1C2=O)CC(O)(C(=O)CN(CCO)CCO)CC3OC1CC(N)C(O)C(C)O1. The zero-order valence-corrected chi connectivity index (χ0v) is 24.9. The number of hydrogen-bond acceptors (Lipinski definition) is 14. The molecule has 2 aliphatic carbocycles. The highest BCUT2D eigenvalue weighted by Crippen LogP contribution is 2.52. The highest BCUT2D eigenvalue weighted by molar-refractivity contribution is 6.31. The summed E-state index contributed by atoms with van der Waals surface area (Å²) in [6, 6.07) is 3.63. The van der Waals surface area contributed by atoms with E-state index in [1.54, 1.807) is 6.92 Å². The maximum Gasteiger partial charge on any atom is 0.202 e. The quantitative estimate of drug-likeness (QED) is 0.137. The predicted octanol–water partition coefficient (Wildman–Crippen LogP) is -0.704. The van der Waals surface area contributed by atoms with Crippen molar-refractivity contribution in [1.82, 2.24) is 4.90 Å². The number of nitrogens with two attached hydrogens (primary N) is 1. The molecule has 0 bridgehead atoms. The molecule has 1 saturated heterocycles. The summed E-state index contributed by atoms with van der Waals surface area (Å²) in [5, 5.41) is 64.2. The van der Waals surface area contributed by atoms with Gasteiger partial charge in [0.2, 0.25) is 5.78 Å². The molecule has 6 unspecified atom stereocenters. The first-order valence-electron chi connectivity index (χ1n) is 14.7. The van der Waals surface area contributed by atoms with Gasteiger partial charge in [-0.2, -0.15) is 0 Å². The van der Waals surface area contributed by atoms with Gasteiger partial charge < -0.3 is 50.6 Å². The number of carbonyl (C=O) groups is 3. The number of hydrogen-bond donors (Lipinski definition) is 7. The number of ether oxygens (including phenoxy) is 3. The Kier molecular flexibility index (Phi) is 9.31. The van der Waals surface area contributed by atoms with Gasteiger partial charge in [0.25, 0.3) is 0 Å². The van der Waals surface area contributed by atoms with Crippen molar-refractivity contribution in [3.05, 3.63) is 51.6 Å². The Hall–Kier alpha value is -3.47. The Morgan fingerprint density at radius 3 is 2.38 bits per heavy atom. The van der Waals surface area contributed by atoms with Crippen LogP contribution >= 0.6 is 0 Å². The monoisotopic (exact) mass is 630 g/mol. The van der Waals surface area contributed by atoms with E-state index in [0.29, 0.717) is 0 Å². The number of rotatable bonds is 10. The minimum Gasteiger partial charge on any atom is -0.507 e. The second-order valence-corrected chi connectivity index (χ2v) is 11.7. The molecule has 0 aromatic heterocycles. The van der Waals surface area contributed by atoms with Crippen molar-refractivity contribution >= 4 is 17.3 Å². The van der Waals surface area contributed by atoms with Crippen LogP contribution in [-0.4, -0.2) is 123 Å². The number of methoxy groups -OCH3 is 1. The van der Waals surface area contributed by atoms with Crippen LogP contribution in [-0.2, 0) is 20.7 Å². The van der Waals surface area contributed by atoms with Gasteiger partial charge in [-0.1, -0.05) is 12.1 Å². The van der Waals surface area contributed by atoms with Gasteiger partial charge in [-0.05, 0) is 13.0 Å². The molecule has 14 nitrogen and oxygen atoms in total.